The predicted octanol–water partition coefficient (Wildman–Crippen LogP) is 1.29. The Bertz CT molecular complexity index is 291. The second-order valence-corrected chi connectivity index (χ2v) is 3.84. The molecule has 0 saturated carbocycles. The molecule has 13 heavy (non-hydrogen) atoms. The van der Waals surface area contributed by atoms with E-state index in [-0.39, 0.29) is 12.6 Å². The first-order chi connectivity index (χ1) is 6.19. The van der Waals surface area contributed by atoms with Gasteiger partial charge in [0.1, 0.15) is 5.75 Å². The van der Waals surface area contributed by atoms with E-state index in [1.807, 2.05) is 18.2 Å². The largest absolute Gasteiger partial charge is 0.497 e. The molecular formula is C9H12INO2. The van der Waals surface area contributed by atoms with Crippen molar-refractivity contribution in [3.05, 3.63) is 27.3 Å². The van der Waals surface area contributed by atoms with Crippen LogP contribution in [0.3, 0.4) is 0 Å². The number of rotatable bonds is 3. The number of hydrogen-bond donors (Lipinski definition) is 2. The van der Waals surface area contributed by atoms with Crippen LogP contribution in [0.25, 0.3) is 0 Å². The minimum Gasteiger partial charge on any atom is -0.497 e. The van der Waals surface area contributed by atoms with Gasteiger partial charge >= 0.3 is 0 Å². The highest BCUT2D eigenvalue weighted by atomic mass is 127. The van der Waals surface area contributed by atoms with Crippen LogP contribution in [0.1, 0.15) is 11.6 Å². The van der Waals surface area contributed by atoms with Gasteiger partial charge in [0.25, 0.3) is 0 Å². The molecule has 1 aromatic rings. The predicted molar refractivity (Wildman–Crippen MR) is 59.7 cm³/mol. The number of hydrogen-bond acceptors (Lipinski definition) is 3. The van der Waals surface area contributed by atoms with Gasteiger partial charge in [-0.25, -0.2) is 0 Å². The van der Waals surface area contributed by atoms with Crippen LogP contribution in [0.4, 0.5) is 0 Å². The number of aliphatic hydroxyl groups is 1. The van der Waals surface area contributed by atoms with Gasteiger partial charge in [-0.3, -0.25) is 0 Å². The molecule has 1 aromatic carbocycles. The van der Waals surface area contributed by atoms with E-state index in [1.54, 1.807) is 7.11 Å². The summed E-state index contributed by atoms with van der Waals surface area (Å²) in [6, 6.07) is 5.30. The highest BCUT2D eigenvalue weighted by molar-refractivity contribution is 14.1. The van der Waals surface area contributed by atoms with Crippen molar-refractivity contribution in [2.24, 2.45) is 5.73 Å². The molecule has 0 spiro atoms. The Hall–Kier alpha value is -0.330. The van der Waals surface area contributed by atoms with Crippen LogP contribution >= 0.6 is 22.6 Å². The first-order valence-corrected chi connectivity index (χ1v) is 4.96. The van der Waals surface area contributed by atoms with Gasteiger partial charge in [-0.1, -0.05) is 6.07 Å². The maximum absolute atomic E-state index is 8.88. The van der Waals surface area contributed by atoms with E-state index in [9.17, 15) is 0 Å². The van der Waals surface area contributed by atoms with Gasteiger partial charge in [-0.15, -0.1) is 0 Å². The fourth-order valence-electron chi connectivity index (χ4n) is 1.03. The lowest BCUT2D eigenvalue weighted by atomic mass is 10.1. The molecule has 0 radical (unpaired) electrons. The molecule has 1 rings (SSSR count). The van der Waals surface area contributed by atoms with E-state index in [2.05, 4.69) is 22.6 Å². The highest BCUT2D eigenvalue weighted by Crippen LogP contribution is 2.23. The molecule has 0 saturated heterocycles. The molecule has 0 amide bonds. The normalized spacial score (nSPS) is 12.6. The zero-order valence-corrected chi connectivity index (χ0v) is 9.48. The molecular weight excluding hydrogens is 281 g/mol. The Labute approximate surface area is 91.0 Å². The fraction of sp³-hybridized carbons (Fsp3) is 0.333. The Balaban J connectivity index is 2.98. The lowest BCUT2D eigenvalue weighted by Crippen LogP contribution is -2.15. The standard InChI is InChI=1S/C9H12INO2/c1-13-6-2-3-7(8(10)4-6)9(11)5-12/h2-4,9,12H,5,11H2,1H3. The topological polar surface area (TPSA) is 55.5 Å². The number of ether oxygens (including phenoxy) is 1. The van der Waals surface area contributed by atoms with Crippen molar-refractivity contribution < 1.29 is 9.84 Å². The van der Waals surface area contributed by atoms with Gasteiger partial charge < -0.3 is 15.6 Å². The van der Waals surface area contributed by atoms with Crippen molar-refractivity contribution in [3.8, 4) is 5.75 Å². The van der Waals surface area contributed by atoms with Crippen LogP contribution in [-0.2, 0) is 0 Å². The summed E-state index contributed by atoms with van der Waals surface area (Å²) in [7, 11) is 1.62. The van der Waals surface area contributed by atoms with Crippen LogP contribution in [0.5, 0.6) is 5.75 Å². The Morgan fingerprint density at radius 3 is 2.77 bits per heavy atom. The SMILES string of the molecule is COc1ccc(C(N)CO)c(I)c1. The zero-order chi connectivity index (χ0) is 9.84. The maximum Gasteiger partial charge on any atom is 0.119 e. The number of aliphatic hydroxyl groups excluding tert-OH is 1. The summed E-state index contributed by atoms with van der Waals surface area (Å²) in [5.74, 6) is 0.804. The van der Waals surface area contributed by atoms with Gasteiger partial charge in [-0.05, 0) is 40.3 Å². The minimum absolute atomic E-state index is 0.0394. The summed E-state index contributed by atoms with van der Waals surface area (Å²) in [6.07, 6.45) is 0. The van der Waals surface area contributed by atoms with E-state index in [4.69, 9.17) is 15.6 Å². The third-order valence-electron chi connectivity index (χ3n) is 1.80. The van der Waals surface area contributed by atoms with Gasteiger partial charge in [0.15, 0.2) is 0 Å². The van der Waals surface area contributed by atoms with Crippen LogP contribution in [0.15, 0.2) is 18.2 Å². The average Bonchev–Trinajstić information content (AvgIpc) is 2.16. The highest BCUT2D eigenvalue weighted by Gasteiger charge is 2.08. The van der Waals surface area contributed by atoms with E-state index in [0.29, 0.717) is 0 Å². The molecule has 0 aromatic heterocycles. The first-order valence-electron chi connectivity index (χ1n) is 3.89. The molecule has 0 aliphatic rings. The number of nitrogens with two attached hydrogens (primary N) is 1. The van der Waals surface area contributed by atoms with Crippen LogP contribution < -0.4 is 10.5 Å². The lowest BCUT2D eigenvalue weighted by molar-refractivity contribution is 0.267. The Kier molecular flexibility index (Phi) is 3.95. The van der Waals surface area contributed by atoms with Crippen molar-refractivity contribution in [2.75, 3.05) is 13.7 Å². The summed E-state index contributed by atoms with van der Waals surface area (Å²) in [4.78, 5) is 0. The maximum atomic E-state index is 8.88. The van der Waals surface area contributed by atoms with Gasteiger partial charge in [0.2, 0.25) is 0 Å². The molecule has 0 heterocycles. The molecule has 0 bridgehead atoms. The smallest absolute Gasteiger partial charge is 0.119 e. The molecule has 1 unspecified atom stereocenters. The average molecular weight is 293 g/mol. The van der Waals surface area contributed by atoms with Crippen LogP contribution in [-0.4, -0.2) is 18.8 Å². The van der Waals surface area contributed by atoms with Gasteiger partial charge in [0.05, 0.1) is 19.8 Å². The van der Waals surface area contributed by atoms with Crippen molar-refractivity contribution in [3.63, 3.8) is 0 Å². The number of benzene rings is 1. The van der Waals surface area contributed by atoms with Crippen molar-refractivity contribution >= 4 is 22.6 Å². The third kappa shape index (κ3) is 2.55. The second kappa shape index (κ2) is 4.78. The van der Waals surface area contributed by atoms with Crippen molar-refractivity contribution in [1.82, 2.24) is 0 Å². The summed E-state index contributed by atoms with van der Waals surface area (Å²) in [6.45, 7) is -0.0394. The number of methoxy groups -OCH3 is 1. The molecule has 1 atom stereocenters. The molecule has 0 aliphatic heterocycles. The summed E-state index contributed by atoms with van der Waals surface area (Å²) < 4.78 is 6.07. The zero-order valence-electron chi connectivity index (χ0n) is 7.33. The Morgan fingerprint density at radius 2 is 2.31 bits per heavy atom. The molecule has 3 N–H and O–H groups in total. The third-order valence-corrected chi connectivity index (χ3v) is 2.74. The van der Waals surface area contributed by atoms with Crippen molar-refractivity contribution in [1.29, 1.82) is 0 Å². The quantitative estimate of drug-likeness (QED) is 0.826. The molecule has 3 nitrogen and oxygen atoms in total. The lowest BCUT2D eigenvalue weighted by Gasteiger charge is -2.11. The summed E-state index contributed by atoms with van der Waals surface area (Å²) in [5, 5.41) is 8.88. The molecule has 72 valence electrons. The van der Waals surface area contributed by atoms with E-state index >= 15 is 0 Å². The number of halogens is 1. The van der Waals surface area contributed by atoms with Gasteiger partial charge in [0, 0.05) is 3.57 Å². The molecule has 4 heteroatoms. The van der Waals surface area contributed by atoms with Crippen LogP contribution in [0, 0.1) is 3.57 Å². The first kappa shape index (κ1) is 10.7. The fourth-order valence-corrected chi connectivity index (χ4v) is 1.92. The second-order valence-electron chi connectivity index (χ2n) is 2.68. The van der Waals surface area contributed by atoms with Gasteiger partial charge in [-0.2, -0.15) is 0 Å². The molecule has 0 fully saturated rings. The Morgan fingerprint density at radius 1 is 1.62 bits per heavy atom. The van der Waals surface area contributed by atoms with E-state index in [0.717, 1.165) is 14.9 Å². The summed E-state index contributed by atoms with van der Waals surface area (Å²) in [5.41, 5.74) is 6.64. The summed E-state index contributed by atoms with van der Waals surface area (Å²) >= 11 is 2.18. The molecule has 0 aliphatic carbocycles. The van der Waals surface area contributed by atoms with Crippen molar-refractivity contribution in [2.45, 2.75) is 6.04 Å². The van der Waals surface area contributed by atoms with E-state index < -0.39 is 0 Å². The monoisotopic (exact) mass is 293 g/mol. The minimum atomic E-state index is -0.308. The van der Waals surface area contributed by atoms with Crippen LogP contribution in [0.2, 0.25) is 0 Å². The van der Waals surface area contributed by atoms with E-state index in [1.165, 1.54) is 0 Å².